The molecule has 0 aliphatic rings. The summed E-state index contributed by atoms with van der Waals surface area (Å²) in [5.74, 6) is 0. The van der Waals surface area contributed by atoms with Crippen molar-refractivity contribution in [1.82, 2.24) is 0 Å². The molecule has 64 heavy (non-hydrogen) atoms. The summed E-state index contributed by atoms with van der Waals surface area (Å²) >= 11 is 0. The van der Waals surface area contributed by atoms with E-state index in [-0.39, 0.29) is 0 Å². The minimum atomic E-state index is 0.899. The summed E-state index contributed by atoms with van der Waals surface area (Å²) < 4.78 is 6.17. The number of para-hydroxylation sites is 1. The van der Waals surface area contributed by atoms with E-state index in [1.807, 2.05) is 12.1 Å². The van der Waals surface area contributed by atoms with Gasteiger partial charge >= 0.3 is 0 Å². The van der Waals surface area contributed by atoms with Crippen molar-refractivity contribution in [2.24, 2.45) is 0 Å². The average molecular weight is 816 g/mol. The summed E-state index contributed by atoms with van der Waals surface area (Å²) in [6.45, 7) is 0. The monoisotopic (exact) mass is 815 g/mol. The van der Waals surface area contributed by atoms with Gasteiger partial charge in [-0.05, 0) is 132 Å². The standard InChI is InChI=1S/C62H41NO/c1-2-13-46(14-3-1)57-36-30-52(56-22-11-17-45-15-6-7-20-55(45)56)41-60(57)63(54-34-28-44(29-35-54)51-31-37-62-59(40-51)58-21-8-9-23-61(58)64-62)53-32-26-43(27-33-53)48-18-10-19-49(38-48)50-25-24-42-12-4-5-16-47(42)39-50/h1-41H. The first-order valence-corrected chi connectivity index (χ1v) is 21.9. The zero-order valence-electron chi connectivity index (χ0n) is 35.0. The molecule has 0 N–H and O–H groups in total. The largest absolute Gasteiger partial charge is 0.456 e. The molecule has 0 unspecified atom stereocenters. The lowest BCUT2D eigenvalue weighted by atomic mass is 9.94. The van der Waals surface area contributed by atoms with E-state index in [0.29, 0.717) is 0 Å². The third-order valence-electron chi connectivity index (χ3n) is 12.7. The Morgan fingerprint density at radius 3 is 1.56 bits per heavy atom. The maximum atomic E-state index is 6.17. The molecule has 0 atom stereocenters. The molecular formula is C62H41NO. The summed E-state index contributed by atoms with van der Waals surface area (Å²) in [4.78, 5) is 2.42. The number of hydrogen-bond acceptors (Lipinski definition) is 2. The number of furan rings is 1. The second-order valence-electron chi connectivity index (χ2n) is 16.5. The molecule has 0 spiro atoms. The molecule has 12 aromatic rings. The van der Waals surface area contributed by atoms with Crippen LogP contribution in [0.25, 0.3) is 99.1 Å². The highest BCUT2D eigenvalue weighted by Crippen LogP contribution is 2.45. The molecule has 0 saturated carbocycles. The molecule has 300 valence electrons. The Balaban J connectivity index is 0.993. The van der Waals surface area contributed by atoms with Gasteiger partial charge in [-0.15, -0.1) is 0 Å². The van der Waals surface area contributed by atoms with Crippen molar-refractivity contribution >= 4 is 60.5 Å². The third-order valence-corrected chi connectivity index (χ3v) is 12.7. The van der Waals surface area contributed by atoms with E-state index < -0.39 is 0 Å². The van der Waals surface area contributed by atoms with Crippen LogP contribution in [0.15, 0.2) is 253 Å². The maximum absolute atomic E-state index is 6.17. The van der Waals surface area contributed by atoms with Crippen LogP contribution in [-0.4, -0.2) is 0 Å². The van der Waals surface area contributed by atoms with E-state index in [9.17, 15) is 0 Å². The van der Waals surface area contributed by atoms with Crippen molar-refractivity contribution in [2.45, 2.75) is 0 Å². The van der Waals surface area contributed by atoms with Crippen molar-refractivity contribution < 1.29 is 4.42 Å². The molecule has 12 rings (SSSR count). The fourth-order valence-corrected chi connectivity index (χ4v) is 9.41. The van der Waals surface area contributed by atoms with Crippen LogP contribution in [0.3, 0.4) is 0 Å². The predicted molar refractivity (Wildman–Crippen MR) is 271 cm³/mol. The van der Waals surface area contributed by atoms with Crippen LogP contribution in [0.4, 0.5) is 17.1 Å². The molecule has 2 heteroatoms. The van der Waals surface area contributed by atoms with Gasteiger partial charge in [0.15, 0.2) is 0 Å². The number of nitrogens with zero attached hydrogens (tertiary/aromatic N) is 1. The lowest BCUT2D eigenvalue weighted by molar-refractivity contribution is 0.669. The first kappa shape index (κ1) is 37.3. The fourth-order valence-electron chi connectivity index (χ4n) is 9.41. The Morgan fingerprint density at radius 1 is 0.250 bits per heavy atom. The van der Waals surface area contributed by atoms with Gasteiger partial charge in [0.1, 0.15) is 11.2 Å². The molecule has 1 heterocycles. The average Bonchev–Trinajstić information content (AvgIpc) is 3.75. The van der Waals surface area contributed by atoms with Crippen LogP contribution in [-0.2, 0) is 0 Å². The third kappa shape index (κ3) is 6.79. The van der Waals surface area contributed by atoms with Crippen molar-refractivity contribution in [3.8, 4) is 55.6 Å². The van der Waals surface area contributed by atoms with Crippen molar-refractivity contribution in [1.29, 1.82) is 0 Å². The normalized spacial score (nSPS) is 11.4. The molecule has 0 aliphatic heterocycles. The van der Waals surface area contributed by atoms with Crippen LogP contribution < -0.4 is 4.90 Å². The predicted octanol–water partition coefficient (Wildman–Crippen LogP) is 17.7. The summed E-state index contributed by atoms with van der Waals surface area (Å²) in [5.41, 5.74) is 16.8. The lowest BCUT2D eigenvalue weighted by Crippen LogP contribution is -2.11. The molecular weight excluding hydrogens is 775 g/mol. The number of fused-ring (bicyclic) bond motifs is 5. The molecule has 0 amide bonds. The summed E-state index contributed by atoms with van der Waals surface area (Å²) in [6.07, 6.45) is 0. The molecule has 0 saturated heterocycles. The van der Waals surface area contributed by atoms with Gasteiger partial charge in [0, 0.05) is 27.7 Å². The topological polar surface area (TPSA) is 16.4 Å². The number of anilines is 3. The van der Waals surface area contributed by atoms with Crippen LogP contribution in [0.5, 0.6) is 0 Å². The van der Waals surface area contributed by atoms with Crippen molar-refractivity contribution in [3.63, 3.8) is 0 Å². The number of rotatable bonds is 8. The van der Waals surface area contributed by atoms with Crippen molar-refractivity contribution in [3.05, 3.63) is 249 Å². The second kappa shape index (κ2) is 15.8. The van der Waals surface area contributed by atoms with Crippen LogP contribution >= 0.6 is 0 Å². The van der Waals surface area contributed by atoms with E-state index in [4.69, 9.17) is 4.42 Å². The van der Waals surface area contributed by atoms with Gasteiger partial charge in [-0.25, -0.2) is 0 Å². The quantitative estimate of drug-likeness (QED) is 0.152. The highest BCUT2D eigenvalue weighted by atomic mass is 16.3. The number of benzene rings is 11. The van der Waals surface area contributed by atoms with Gasteiger partial charge in [0.2, 0.25) is 0 Å². The summed E-state index contributed by atoms with van der Waals surface area (Å²) in [5, 5.41) is 7.21. The highest BCUT2D eigenvalue weighted by molar-refractivity contribution is 6.06. The molecule has 2 nitrogen and oxygen atoms in total. The van der Waals surface area contributed by atoms with E-state index in [0.717, 1.165) is 72.4 Å². The van der Waals surface area contributed by atoms with Crippen molar-refractivity contribution in [2.75, 3.05) is 4.90 Å². The Hall–Kier alpha value is -8.46. The summed E-state index contributed by atoms with van der Waals surface area (Å²) in [6, 6.07) is 89.9. The van der Waals surface area contributed by atoms with E-state index in [1.54, 1.807) is 0 Å². The minimum Gasteiger partial charge on any atom is -0.456 e. The Kier molecular flexibility index (Phi) is 9.20. The van der Waals surface area contributed by atoms with Crippen LogP contribution in [0.2, 0.25) is 0 Å². The van der Waals surface area contributed by atoms with Gasteiger partial charge in [-0.2, -0.15) is 0 Å². The Morgan fingerprint density at radius 2 is 0.781 bits per heavy atom. The van der Waals surface area contributed by atoms with Gasteiger partial charge in [0.05, 0.1) is 5.69 Å². The molecule has 0 bridgehead atoms. The molecule has 0 aliphatic carbocycles. The molecule has 11 aromatic carbocycles. The number of hydrogen-bond donors (Lipinski definition) is 0. The molecule has 0 fully saturated rings. The maximum Gasteiger partial charge on any atom is 0.135 e. The first-order valence-electron chi connectivity index (χ1n) is 21.9. The van der Waals surface area contributed by atoms with Crippen LogP contribution in [0.1, 0.15) is 0 Å². The van der Waals surface area contributed by atoms with Gasteiger partial charge in [-0.3, -0.25) is 0 Å². The molecule has 0 radical (unpaired) electrons. The smallest absolute Gasteiger partial charge is 0.135 e. The Bertz CT molecular complexity index is 3650. The van der Waals surface area contributed by atoms with Gasteiger partial charge in [-0.1, -0.05) is 188 Å². The highest BCUT2D eigenvalue weighted by Gasteiger charge is 2.20. The van der Waals surface area contributed by atoms with Gasteiger partial charge < -0.3 is 9.32 Å². The van der Waals surface area contributed by atoms with E-state index >= 15 is 0 Å². The summed E-state index contributed by atoms with van der Waals surface area (Å²) in [7, 11) is 0. The van der Waals surface area contributed by atoms with E-state index in [2.05, 4.69) is 241 Å². The second-order valence-corrected chi connectivity index (χ2v) is 16.5. The Labute approximate surface area is 372 Å². The lowest BCUT2D eigenvalue weighted by Gasteiger charge is -2.29. The van der Waals surface area contributed by atoms with Gasteiger partial charge in [0.25, 0.3) is 0 Å². The zero-order valence-corrected chi connectivity index (χ0v) is 35.0. The zero-order chi connectivity index (χ0) is 42.4. The minimum absolute atomic E-state index is 0.899. The first-order chi connectivity index (χ1) is 31.7. The fraction of sp³-hybridized carbons (Fsp3) is 0. The van der Waals surface area contributed by atoms with E-state index in [1.165, 1.54) is 43.8 Å². The SMILES string of the molecule is c1ccc(-c2ccc(-c3cccc4ccccc34)cc2N(c2ccc(-c3cccc(-c4ccc5ccccc5c4)c3)cc2)c2ccc(-c3ccc4oc5ccccc5c4c3)cc2)cc1. The molecule has 1 aromatic heterocycles. The van der Waals surface area contributed by atoms with Crippen LogP contribution in [0, 0.1) is 0 Å².